The Morgan fingerprint density at radius 1 is 0.388 bits per heavy atom. The van der Waals surface area contributed by atoms with Gasteiger partial charge in [-0.3, -0.25) is 0 Å². The van der Waals surface area contributed by atoms with E-state index >= 15 is 0 Å². The van der Waals surface area contributed by atoms with Crippen molar-refractivity contribution in [1.29, 1.82) is 0 Å². The lowest BCUT2D eigenvalue weighted by Crippen LogP contribution is -2.55. The third-order valence-corrected chi connectivity index (χ3v) is 22.1. The number of furan rings is 1. The standard InChI is InChI=1S/C76H60N2OS/c1-74(2)62-25-13-11-21-52(62)56-23-15-27-64(68(56)74)77(48-17-7-5-8-18-48)50-29-31-54-60-35-33-58-59-34-36-61-55-32-30-51(78(49-19-9-6-10-20-49)65-28-16-24-57-53-22-12-14-26-63(53)75(3,4)69(57)65)43-67(55)80-73(61)71(59)76(70(58)72(60)79-66(54)42-50)46-38-44-37-45(40-46)41-47(76)39-44/h5-36,42-47H,37-41H2,1-4H3. The summed E-state index contributed by atoms with van der Waals surface area (Å²) in [6.07, 6.45) is 6.63. The fourth-order valence-electron chi connectivity index (χ4n) is 18.1. The summed E-state index contributed by atoms with van der Waals surface area (Å²) in [5.74, 6) is 2.78. The first-order valence-electron chi connectivity index (χ1n) is 29.3. The predicted molar refractivity (Wildman–Crippen MR) is 334 cm³/mol. The van der Waals surface area contributed by atoms with Crippen LogP contribution in [0.1, 0.15) is 93.2 Å². The van der Waals surface area contributed by atoms with E-state index in [-0.39, 0.29) is 16.2 Å². The molecule has 0 unspecified atom stereocenters. The highest BCUT2D eigenvalue weighted by Crippen LogP contribution is 2.72. The van der Waals surface area contributed by atoms with Gasteiger partial charge in [0.05, 0.1) is 11.4 Å². The zero-order valence-electron chi connectivity index (χ0n) is 45.7. The minimum Gasteiger partial charge on any atom is -0.456 e. The summed E-state index contributed by atoms with van der Waals surface area (Å²) >= 11 is 2.05. The van der Waals surface area contributed by atoms with Gasteiger partial charge in [0, 0.05) is 81.6 Å². The maximum absolute atomic E-state index is 7.64. The Bertz CT molecular complexity index is 4330. The number of benzene rings is 10. The third kappa shape index (κ3) is 5.85. The second-order valence-corrected chi connectivity index (χ2v) is 26.6. The van der Waals surface area contributed by atoms with Crippen molar-refractivity contribution in [3.63, 3.8) is 0 Å². The molecule has 4 bridgehead atoms. The maximum atomic E-state index is 7.64. The quantitative estimate of drug-likeness (QED) is 0.165. The van der Waals surface area contributed by atoms with Crippen molar-refractivity contribution in [2.75, 3.05) is 9.80 Å². The molecule has 12 aromatic rings. The number of para-hydroxylation sites is 2. The first-order chi connectivity index (χ1) is 39.2. The fraction of sp³-hybridized carbons (Fsp3) is 0.211. The van der Waals surface area contributed by atoms with E-state index in [1.807, 2.05) is 11.3 Å². The molecule has 4 fully saturated rings. The normalized spacial score (nSPS) is 21.8. The van der Waals surface area contributed by atoms with Crippen LogP contribution in [0.4, 0.5) is 34.1 Å². The highest BCUT2D eigenvalue weighted by molar-refractivity contribution is 7.26. The number of hydrogen-bond acceptors (Lipinski definition) is 4. The van der Waals surface area contributed by atoms with Crippen LogP contribution in [0.2, 0.25) is 0 Å². The Morgan fingerprint density at radius 2 is 0.863 bits per heavy atom. The first-order valence-corrected chi connectivity index (χ1v) is 30.1. The van der Waals surface area contributed by atoms with Gasteiger partial charge in [-0.05, 0) is 184 Å². The number of nitrogens with zero attached hydrogens (tertiary/aromatic N) is 2. The molecule has 7 aliphatic carbocycles. The van der Waals surface area contributed by atoms with Gasteiger partial charge in [-0.1, -0.05) is 161 Å². The molecule has 3 nitrogen and oxygen atoms in total. The topological polar surface area (TPSA) is 19.6 Å². The lowest BCUT2D eigenvalue weighted by atomic mass is 9.43. The van der Waals surface area contributed by atoms with Gasteiger partial charge in [0.1, 0.15) is 11.2 Å². The van der Waals surface area contributed by atoms with Gasteiger partial charge in [-0.2, -0.15) is 0 Å². The van der Waals surface area contributed by atoms with Crippen molar-refractivity contribution in [3.05, 3.63) is 240 Å². The van der Waals surface area contributed by atoms with Gasteiger partial charge in [0.2, 0.25) is 0 Å². The number of rotatable bonds is 6. The zero-order chi connectivity index (χ0) is 53.0. The average molecular weight is 1050 g/mol. The minimum absolute atomic E-state index is 0.125. The lowest BCUT2D eigenvalue weighted by Gasteiger charge is -2.61. The third-order valence-electron chi connectivity index (χ3n) is 20.9. The highest BCUT2D eigenvalue weighted by atomic mass is 32.1. The molecule has 0 radical (unpaired) electrons. The summed E-state index contributed by atoms with van der Waals surface area (Å²) in [7, 11) is 0. The summed E-state index contributed by atoms with van der Waals surface area (Å²) in [4.78, 5) is 5.01. The van der Waals surface area contributed by atoms with Crippen molar-refractivity contribution in [1.82, 2.24) is 0 Å². The molecule has 19 rings (SSSR count). The van der Waals surface area contributed by atoms with Crippen LogP contribution < -0.4 is 9.80 Å². The maximum Gasteiger partial charge on any atom is 0.140 e. The van der Waals surface area contributed by atoms with E-state index in [4.69, 9.17) is 4.42 Å². The molecule has 0 aliphatic heterocycles. The first kappa shape index (κ1) is 45.7. The molecule has 0 saturated heterocycles. The Balaban J connectivity index is 0.822. The summed E-state index contributed by atoms with van der Waals surface area (Å²) in [5, 5.41) is 5.18. The van der Waals surface area contributed by atoms with Crippen LogP contribution in [-0.4, -0.2) is 0 Å². The van der Waals surface area contributed by atoms with Crippen LogP contribution in [-0.2, 0) is 16.2 Å². The number of thiophene rings is 1. The molecule has 4 heteroatoms. The Kier molecular flexibility index (Phi) is 9.14. The molecular formula is C76H60N2OS. The number of hydrogen-bond donors (Lipinski definition) is 0. The Labute approximate surface area is 471 Å². The second kappa shape index (κ2) is 16.0. The molecule has 386 valence electrons. The largest absolute Gasteiger partial charge is 0.456 e. The number of fused-ring (bicyclic) bond motifs is 17. The van der Waals surface area contributed by atoms with Crippen LogP contribution in [0.25, 0.3) is 75.5 Å². The number of anilines is 6. The summed E-state index contributed by atoms with van der Waals surface area (Å²) in [6, 6.07) is 78.1. The van der Waals surface area contributed by atoms with Gasteiger partial charge in [-0.25, -0.2) is 0 Å². The molecule has 80 heavy (non-hydrogen) atoms. The van der Waals surface area contributed by atoms with Crippen LogP contribution in [0.15, 0.2) is 211 Å². The minimum atomic E-state index is -0.181. The van der Waals surface area contributed by atoms with E-state index in [1.54, 1.807) is 5.56 Å². The Hall–Kier alpha value is -8.18. The van der Waals surface area contributed by atoms with E-state index in [0.29, 0.717) is 11.8 Å². The molecule has 0 amide bonds. The van der Waals surface area contributed by atoms with Crippen molar-refractivity contribution in [2.45, 2.75) is 76.0 Å². The van der Waals surface area contributed by atoms with E-state index in [1.165, 1.54) is 147 Å². The summed E-state index contributed by atoms with van der Waals surface area (Å²) in [5.41, 5.74) is 25.4. The molecule has 0 N–H and O–H groups in total. The molecule has 10 aromatic carbocycles. The van der Waals surface area contributed by atoms with Crippen LogP contribution in [0.5, 0.6) is 0 Å². The van der Waals surface area contributed by atoms with Gasteiger partial charge in [0.25, 0.3) is 0 Å². The van der Waals surface area contributed by atoms with Gasteiger partial charge >= 0.3 is 0 Å². The SMILES string of the molecule is CC1(C)c2ccccc2-c2cccc(N(c3ccccc3)c3ccc4c(c3)oc3c5c(ccc34)-c3ccc4c(sc6cc(N(c7ccccc7)c7cccc8c7C(C)(C)c7ccccc7-8)ccc64)c3C53C4CC5CC(C4)CC3C5)c21. The molecule has 1 spiro atoms. The van der Waals surface area contributed by atoms with Gasteiger partial charge < -0.3 is 14.2 Å². The smallest absolute Gasteiger partial charge is 0.140 e. The van der Waals surface area contributed by atoms with Gasteiger partial charge in [-0.15, -0.1) is 11.3 Å². The zero-order valence-corrected chi connectivity index (χ0v) is 46.5. The van der Waals surface area contributed by atoms with Crippen LogP contribution in [0.3, 0.4) is 0 Å². The van der Waals surface area contributed by atoms with Gasteiger partial charge in [0.15, 0.2) is 0 Å². The lowest BCUT2D eigenvalue weighted by molar-refractivity contribution is -0.0390. The van der Waals surface area contributed by atoms with E-state index in [9.17, 15) is 0 Å². The molecular weight excluding hydrogens is 989 g/mol. The van der Waals surface area contributed by atoms with Crippen LogP contribution >= 0.6 is 11.3 Å². The second-order valence-electron chi connectivity index (χ2n) is 25.6. The highest BCUT2D eigenvalue weighted by Gasteiger charge is 2.63. The molecule has 4 saturated carbocycles. The Morgan fingerprint density at radius 3 is 1.45 bits per heavy atom. The molecule has 0 atom stereocenters. The summed E-state index contributed by atoms with van der Waals surface area (Å²) in [6.45, 7) is 9.60. The summed E-state index contributed by atoms with van der Waals surface area (Å²) < 4.78 is 10.5. The fourth-order valence-corrected chi connectivity index (χ4v) is 19.5. The van der Waals surface area contributed by atoms with Crippen molar-refractivity contribution in [3.8, 4) is 33.4 Å². The molecule has 2 heterocycles. The van der Waals surface area contributed by atoms with E-state index in [0.717, 1.165) is 34.4 Å². The van der Waals surface area contributed by atoms with Crippen molar-refractivity contribution >= 4 is 87.6 Å². The van der Waals surface area contributed by atoms with E-state index in [2.05, 4.69) is 244 Å². The molecule has 7 aliphatic rings. The van der Waals surface area contributed by atoms with Crippen molar-refractivity contribution in [2.24, 2.45) is 23.7 Å². The average Bonchev–Trinajstić information content (AvgIpc) is 4.00. The van der Waals surface area contributed by atoms with Crippen molar-refractivity contribution < 1.29 is 4.42 Å². The van der Waals surface area contributed by atoms with Crippen LogP contribution in [0, 0.1) is 23.7 Å². The predicted octanol–water partition coefficient (Wildman–Crippen LogP) is 21.2. The monoisotopic (exact) mass is 1050 g/mol. The molecule has 2 aromatic heterocycles. The van der Waals surface area contributed by atoms with E-state index < -0.39 is 0 Å².